The molecule has 1 aliphatic rings. The zero-order chi connectivity index (χ0) is 20.6. The molecule has 3 rings (SSSR count). The van der Waals surface area contributed by atoms with Crippen LogP contribution < -0.4 is 10.2 Å². The van der Waals surface area contributed by atoms with E-state index in [1.807, 2.05) is 36.6 Å². The quantitative estimate of drug-likeness (QED) is 0.449. The number of thioether (sulfide) groups is 1. The number of carbonyl (C=O) groups excluding carboxylic acids is 2. The van der Waals surface area contributed by atoms with Crippen LogP contribution in [0.2, 0.25) is 0 Å². The maximum absolute atomic E-state index is 12.7. The normalized spacial score (nSPS) is 14.8. The standard InChI is InChI=1S/C22H25N3O3S/c1-28-19-5-3-4-18(14-19)22(27)25-12-10-17(11-13-25)21(26)24-23-15-16-6-8-20(29-2)9-7-16/h3-9,14-15,17H,10-13H2,1-2H3,(H,24,26)/b23-15-. The number of piperidine rings is 1. The minimum Gasteiger partial charge on any atom is -0.497 e. The summed E-state index contributed by atoms with van der Waals surface area (Å²) in [6.45, 7) is 1.10. The van der Waals surface area contributed by atoms with Crippen LogP contribution in [0.5, 0.6) is 5.75 Å². The van der Waals surface area contributed by atoms with E-state index < -0.39 is 0 Å². The molecule has 0 unspecified atom stereocenters. The van der Waals surface area contributed by atoms with Crippen molar-refractivity contribution in [2.45, 2.75) is 17.7 Å². The van der Waals surface area contributed by atoms with Crippen LogP contribution in [0, 0.1) is 5.92 Å². The molecule has 152 valence electrons. The minimum atomic E-state index is -0.139. The number of nitrogens with zero attached hydrogens (tertiary/aromatic N) is 2. The van der Waals surface area contributed by atoms with Gasteiger partial charge in [-0.05, 0) is 55.0 Å². The van der Waals surface area contributed by atoms with E-state index in [0.717, 1.165) is 5.56 Å². The van der Waals surface area contributed by atoms with E-state index in [-0.39, 0.29) is 17.7 Å². The van der Waals surface area contributed by atoms with E-state index in [2.05, 4.69) is 10.5 Å². The van der Waals surface area contributed by atoms with Crippen LogP contribution >= 0.6 is 11.8 Å². The van der Waals surface area contributed by atoms with Gasteiger partial charge in [-0.15, -0.1) is 11.8 Å². The van der Waals surface area contributed by atoms with Gasteiger partial charge in [0.1, 0.15) is 5.75 Å². The first-order chi connectivity index (χ1) is 14.1. The number of amides is 2. The fourth-order valence-corrected chi connectivity index (χ4v) is 3.64. The van der Waals surface area contributed by atoms with Crippen molar-refractivity contribution < 1.29 is 14.3 Å². The number of ether oxygens (including phenoxy) is 1. The summed E-state index contributed by atoms with van der Waals surface area (Å²) in [5.41, 5.74) is 4.16. The molecule has 29 heavy (non-hydrogen) atoms. The molecular weight excluding hydrogens is 386 g/mol. The molecule has 0 radical (unpaired) electrons. The third-order valence-corrected chi connectivity index (χ3v) is 5.72. The fourth-order valence-electron chi connectivity index (χ4n) is 3.24. The Balaban J connectivity index is 1.48. The maximum atomic E-state index is 12.7. The second kappa shape index (κ2) is 10.1. The Kier molecular flexibility index (Phi) is 7.30. The molecule has 2 aromatic carbocycles. The monoisotopic (exact) mass is 411 g/mol. The topological polar surface area (TPSA) is 71.0 Å². The van der Waals surface area contributed by atoms with Crippen LogP contribution in [0.4, 0.5) is 0 Å². The first kappa shape index (κ1) is 20.9. The first-order valence-electron chi connectivity index (χ1n) is 9.51. The van der Waals surface area contributed by atoms with Crippen molar-refractivity contribution >= 4 is 29.8 Å². The molecular formula is C22H25N3O3S. The summed E-state index contributed by atoms with van der Waals surface area (Å²) in [6.07, 6.45) is 4.92. The van der Waals surface area contributed by atoms with Gasteiger partial charge in [0.15, 0.2) is 0 Å². The number of methoxy groups -OCH3 is 1. The lowest BCUT2D eigenvalue weighted by Crippen LogP contribution is -2.42. The van der Waals surface area contributed by atoms with Gasteiger partial charge < -0.3 is 9.64 Å². The number of hydrazone groups is 1. The van der Waals surface area contributed by atoms with Crippen molar-refractivity contribution in [3.63, 3.8) is 0 Å². The number of benzene rings is 2. The first-order valence-corrected chi connectivity index (χ1v) is 10.7. The predicted molar refractivity (Wildman–Crippen MR) is 116 cm³/mol. The van der Waals surface area contributed by atoms with Crippen LogP contribution in [-0.2, 0) is 4.79 Å². The smallest absolute Gasteiger partial charge is 0.253 e. The van der Waals surface area contributed by atoms with E-state index in [9.17, 15) is 9.59 Å². The largest absolute Gasteiger partial charge is 0.497 e. The van der Waals surface area contributed by atoms with E-state index >= 15 is 0 Å². The molecule has 2 amide bonds. The van der Waals surface area contributed by atoms with Crippen LogP contribution in [0.3, 0.4) is 0 Å². The van der Waals surface area contributed by atoms with Gasteiger partial charge in [-0.25, -0.2) is 5.43 Å². The highest BCUT2D eigenvalue weighted by Crippen LogP contribution is 2.21. The van der Waals surface area contributed by atoms with E-state index in [1.165, 1.54) is 4.90 Å². The van der Waals surface area contributed by atoms with Gasteiger partial charge in [-0.1, -0.05) is 18.2 Å². The van der Waals surface area contributed by atoms with Crippen molar-refractivity contribution in [2.75, 3.05) is 26.5 Å². The summed E-state index contributed by atoms with van der Waals surface area (Å²) in [5, 5.41) is 4.07. The van der Waals surface area contributed by atoms with Gasteiger partial charge in [-0.3, -0.25) is 9.59 Å². The lowest BCUT2D eigenvalue weighted by molar-refractivity contribution is -0.126. The number of carbonyl (C=O) groups is 2. The number of rotatable bonds is 6. The summed E-state index contributed by atoms with van der Waals surface area (Å²) >= 11 is 1.68. The number of hydrogen-bond acceptors (Lipinski definition) is 5. The minimum absolute atomic E-state index is 0.0329. The van der Waals surface area contributed by atoms with Crippen LogP contribution in [0.25, 0.3) is 0 Å². The van der Waals surface area contributed by atoms with Gasteiger partial charge in [0, 0.05) is 29.5 Å². The summed E-state index contributed by atoms with van der Waals surface area (Å²) < 4.78 is 5.18. The molecule has 1 fully saturated rings. The van der Waals surface area contributed by atoms with Crippen LogP contribution in [-0.4, -0.2) is 49.4 Å². The Labute approximate surface area is 175 Å². The summed E-state index contributed by atoms with van der Waals surface area (Å²) in [5.74, 6) is 0.386. The van der Waals surface area contributed by atoms with Crippen LogP contribution in [0.1, 0.15) is 28.8 Å². The zero-order valence-corrected chi connectivity index (χ0v) is 17.4. The average Bonchev–Trinajstić information content (AvgIpc) is 2.79. The van der Waals surface area contributed by atoms with Gasteiger partial charge in [0.25, 0.3) is 5.91 Å². The zero-order valence-electron chi connectivity index (χ0n) is 16.6. The Morgan fingerprint density at radius 1 is 1.17 bits per heavy atom. The lowest BCUT2D eigenvalue weighted by atomic mass is 9.95. The Morgan fingerprint density at radius 3 is 2.55 bits per heavy atom. The molecule has 0 aromatic heterocycles. The van der Waals surface area contributed by atoms with Gasteiger partial charge >= 0.3 is 0 Å². The fraction of sp³-hybridized carbons (Fsp3) is 0.318. The van der Waals surface area contributed by atoms with Crippen molar-refractivity contribution in [1.29, 1.82) is 0 Å². The molecule has 0 aliphatic carbocycles. The SMILES string of the molecule is COc1cccc(C(=O)N2CCC(C(=O)N/N=C\c3ccc(SC)cc3)CC2)c1. The molecule has 0 bridgehead atoms. The maximum Gasteiger partial charge on any atom is 0.253 e. The van der Waals surface area contributed by atoms with E-state index in [4.69, 9.17) is 4.74 Å². The highest BCUT2D eigenvalue weighted by Gasteiger charge is 2.27. The van der Waals surface area contributed by atoms with Gasteiger partial charge in [0.05, 0.1) is 13.3 Å². The lowest BCUT2D eigenvalue weighted by Gasteiger charge is -2.31. The summed E-state index contributed by atoms with van der Waals surface area (Å²) in [6, 6.07) is 15.1. The highest BCUT2D eigenvalue weighted by atomic mass is 32.2. The Morgan fingerprint density at radius 2 is 1.90 bits per heavy atom. The molecule has 1 heterocycles. The number of hydrogen-bond donors (Lipinski definition) is 1. The van der Waals surface area contributed by atoms with E-state index in [0.29, 0.717) is 37.2 Å². The average molecular weight is 412 g/mol. The number of likely N-dealkylation sites (tertiary alicyclic amines) is 1. The van der Waals surface area contributed by atoms with Gasteiger partial charge in [-0.2, -0.15) is 5.10 Å². The Bertz CT molecular complexity index is 875. The highest BCUT2D eigenvalue weighted by molar-refractivity contribution is 7.98. The molecule has 1 saturated heterocycles. The van der Waals surface area contributed by atoms with Crippen molar-refractivity contribution in [2.24, 2.45) is 11.0 Å². The molecule has 0 spiro atoms. The molecule has 1 aliphatic heterocycles. The molecule has 6 nitrogen and oxygen atoms in total. The third-order valence-electron chi connectivity index (χ3n) is 4.97. The number of nitrogens with one attached hydrogen (secondary N) is 1. The Hall–Kier alpha value is -2.80. The molecule has 0 atom stereocenters. The molecule has 2 aromatic rings. The van der Waals surface area contributed by atoms with E-state index in [1.54, 1.807) is 48.2 Å². The third kappa shape index (κ3) is 5.60. The predicted octanol–water partition coefficient (Wildman–Crippen LogP) is 3.42. The summed E-state index contributed by atoms with van der Waals surface area (Å²) in [4.78, 5) is 28.0. The van der Waals surface area contributed by atoms with Crippen LogP contribution in [0.15, 0.2) is 58.5 Å². The molecule has 1 N–H and O–H groups in total. The van der Waals surface area contributed by atoms with Crippen molar-refractivity contribution in [1.82, 2.24) is 10.3 Å². The summed E-state index contributed by atoms with van der Waals surface area (Å²) in [7, 11) is 1.58. The molecule has 0 saturated carbocycles. The molecule has 7 heteroatoms. The second-order valence-electron chi connectivity index (χ2n) is 6.81. The second-order valence-corrected chi connectivity index (χ2v) is 7.69. The van der Waals surface area contributed by atoms with Crippen molar-refractivity contribution in [3.8, 4) is 5.75 Å². The van der Waals surface area contributed by atoms with Crippen molar-refractivity contribution in [3.05, 3.63) is 59.7 Å². The van der Waals surface area contributed by atoms with Gasteiger partial charge in [0.2, 0.25) is 5.91 Å².